The molecule has 0 spiro atoms. The van der Waals surface area contributed by atoms with Crippen LogP contribution >= 0.6 is 0 Å². The lowest BCUT2D eigenvalue weighted by Gasteiger charge is -2.37. The van der Waals surface area contributed by atoms with Crippen molar-refractivity contribution in [2.45, 2.75) is 37.3 Å². The molecule has 17 heavy (non-hydrogen) atoms. The summed E-state index contributed by atoms with van der Waals surface area (Å²) >= 11 is 0. The zero-order chi connectivity index (χ0) is 12.5. The Kier molecular flexibility index (Phi) is 3.35. The van der Waals surface area contributed by atoms with Crippen LogP contribution in [0.15, 0.2) is 0 Å². The Morgan fingerprint density at radius 2 is 2.18 bits per heavy atom. The lowest BCUT2D eigenvalue weighted by Crippen LogP contribution is -2.60. The zero-order valence-electron chi connectivity index (χ0n) is 9.72. The van der Waals surface area contributed by atoms with Gasteiger partial charge < -0.3 is 20.5 Å². The highest BCUT2D eigenvalue weighted by Gasteiger charge is 2.44. The van der Waals surface area contributed by atoms with Gasteiger partial charge in [0.2, 0.25) is 5.91 Å². The number of amides is 1. The minimum absolute atomic E-state index is 0.189. The summed E-state index contributed by atoms with van der Waals surface area (Å²) in [6.45, 7) is 1.14. The maximum absolute atomic E-state index is 12.3. The number of piperidine rings is 1. The number of hydrogen-bond donors (Lipinski definition) is 2. The first kappa shape index (κ1) is 12.3. The molecule has 2 atom stereocenters. The minimum atomic E-state index is -1.02. The third-order valence-electron chi connectivity index (χ3n) is 3.53. The highest BCUT2D eigenvalue weighted by Crippen LogP contribution is 2.24. The van der Waals surface area contributed by atoms with Gasteiger partial charge in [0.1, 0.15) is 11.6 Å². The standard InChI is InChI=1S/C11H18N2O4/c12-11(4-6-17-7-11)10(16)13-5-2-1-3-8(13)9(14)15/h8H,1-7,12H2,(H,14,15). The normalized spacial score (nSPS) is 33.7. The molecule has 2 aliphatic rings. The number of ether oxygens (including phenoxy) is 1. The van der Waals surface area contributed by atoms with Gasteiger partial charge in [-0.3, -0.25) is 4.79 Å². The van der Waals surface area contributed by atoms with Crippen molar-refractivity contribution in [3.05, 3.63) is 0 Å². The summed E-state index contributed by atoms with van der Waals surface area (Å²) in [5.74, 6) is -1.22. The fourth-order valence-electron chi connectivity index (χ4n) is 2.47. The van der Waals surface area contributed by atoms with Gasteiger partial charge in [0.15, 0.2) is 0 Å². The summed E-state index contributed by atoms with van der Waals surface area (Å²) in [4.78, 5) is 24.8. The molecule has 0 radical (unpaired) electrons. The third kappa shape index (κ3) is 2.28. The quantitative estimate of drug-likeness (QED) is 0.685. The Morgan fingerprint density at radius 1 is 1.41 bits per heavy atom. The van der Waals surface area contributed by atoms with Crippen molar-refractivity contribution >= 4 is 11.9 Å². The summed E-state index contributed by atoms with van der Waals surface area (Å²) in [5.41, 5.74) is 4.96. The SMILES string of the molecule is NC1(C(=O)N2CCCCC2C(=O)O)CCOC1. The molecule has 0 aliphatic carbocycles. The number of aliphatic carboxylic acids is 1. The van der Waals surface area contributed by atoms with Crippen LogP contribution in [0.2, 0.25) is 0 Å². The largest absolute Gasteiger partial charge is 0.480 e. The molecule has 2 rings (SSSR count). The van der Waals surface area contributed by atoms with Crippen LogP contribution in [0.25, 0.3) is 0 Å². The predicted octanol–water partition coefficient (Wildman–Crippen LogP) is -0.430. The second-order valence-corrected chi connectivity index (χ2v) is 4.81. The monoisotopic (exact) mass is 242 g/mol. The van der Waals surface area contributed by atoms with Crippen molar-refractivity contribution in [2.24, 2.45) is 5.73 Å². The second-order valence-electron chi connectivity index (χ2n) is 4.81. The van der Waals surface area contributed by atoms with Crippen molar-refractivity contribution in [3.63, 3.8) is 0 Å². The summed E-state index contributed by atoms with van der Waals surface area (Å²) in [6, 6.07) is -0.725. The van der Waals surface area contributed by atoms with Crippen LogP contribution in [0.3, 0.4) is 0 Å². The van der Waals surface area contributed by atoms with Crippen LogP contribution in [-0.4, -0.2) is 53.2 Å². The Balaban J connectivity index is 2.13. The molecule has 6 heteroatoms. The molecule has 0 aromatic carbocycles. The number of rotatable bonds is 2. The molecule has 2 unspecified atom stereocenters. The van der Waals surface area contributed by atoms with Gasteiger partial charge in [-0.1, -0.05) is 0 Å². The molecule has 2 heterocycles. The Bertz CT molecular complexity index is 325. The molecule has 1 amide bonds. The lowest BCUT2D eigenvalue weighted by molar-refractivity contribution is -0.154. The van der Waals surface area contributed by atoms with Gasteiger partial charge in [0.25, 0.3) is 0 Å². The number of carboxylic acids is 1. The number of carboxylic acid groups (broad SMARTS) is 1. The third-order valence-corrected chi connectivity index (χ3v) is 3.53. The first-order chi connectivity index (χ1) is 8.04. The fourth-order valence-corrected chi connectivity index (χ4v) is 2.47. The minimum Gasteiger partial charge on any atom is -0.480 e. The first-order valence-electron chi connectivity index (χ1n) is 5.95. The number of carbonyl (C=O) groups excluding carboxylic acids is 1. The molecule has 96 valence electrons. The van der Waals surface area contributed by atoms with E-state index in [0.29, 0.717) is 26.0 Å². The van der Waals surface area contributed by atoms with Crippen LogP contribution in [-0.2, 0) is 14.3 Å². The van der Waals surface area contributed by atoms with E-state index >= 15 is 0 Å². The maximum Gasteiger partial charge on any atom is 0.326 e. The van der Waals surface area contributed by atoms with Gasteiger partial charge in [0.05, 0.1) is 6.61 Å². The molecule has 2 saturated heterocycles. The van der Waals surface area contributed by atoms with Crippen molar-refractivity contribution < 1.29 is 19.4 Å². The topological polar surface area (TPSA) is 92.9 Å². The number of carbonyl (C=O) groups is 2. The molecular formula is C11H18N2O4. The van der Waals surface area contributed by atoms with Gasteiger partial charge in [0, 0.05) is 13.2 Å². The van der Waals surface area contributed by atoms with Crippen LogP contribution in [0.1, 0.15) is 25.7 Å². The number of hydrogen-bond acceptors (Lipinski definition) is 4. The Hall–Kier alpha value is -1.14. The van der Waals surface area contributed by atoms with Crippen molar-refractivity contribution in [1.29, 1.82) is 0 Å². The molecule has 3 N–H and O–H groups in total. The van der Waals surface area contributed by atoms with Gasteiger partial charge in [-0.25, -0.2) is 4.79 Å². The van der Waals surface area contributed by atoms with E-state index < -0.39 is 17.6 Å². The van der Waals surface area contributed by atoms with E-state index in [1.54, 1.807) is 0 Å². The summed E-state index contributed by atoms with van der Waals surface area (Å²) in [5, 5.41) is 9.12. The molecule has 0 bridgehead atoms. The molecule has 2 aliphatic heterocycles. The van der Waals surface area contributed by atoms with E-state index in [1.165, 1.54) is 4.90 Å². The van der Waals surface area contributed by atoms with E-state index in [-0.39, 0.29) is 12.5 Å². The van der Waals surface area contributed by atoms with E-state index in [4.69, 9.17) is 15.6 Å². The lowest BCUT2D eigenvalue weighted by atomic mass is 9.94. The summed E-state index contributed by atoms with van der Waals surface area (Å²) in [6.07, 6.45) is 2.66. The molecule has 2 fully saturated rings. The fraction of sp³-hybridized carbons (Fsp3) is 0.818. The van der Waals surface area contributed by atoms with E-state index in [9.17, 15) is 9.59 Å². The molecule has 0 aromatic heterocycles. The van der Waals surface area contributed by atoms with E-state index in [2.05, 4.69) is 0 Å². The van der Waals surface area contributed by atoms with Crippen LogP contribution in [0.4, 0.5) is 0 Å². The van der Waals surface area contributed by atoms with Crippen molar-refractivity contribution in [1.82, 2.24) is 4.90 Å². The van der Waals surface area contributed by atoms with Gasteiger partial charge in [-0.2, -0.15) is 0 Å². The molecule has 6 nitrogen and oxygen atoms in total. The number of nitrogens with two attached hydrogens (primary N) is 1. The summed E-state index contributed by atoms with van der Waals surface area (Å²) < 4.78 is 5.15. The molecule has 0 saturated carbocycles. The number of likely N-dealkylation sites (tertiary alicyclic amines) is 1. The van der Waals surface area contributed by atoms with E-state index in [1.807, 2.05) is 0 Å². The molecular weight excluding hydrogens is 224 g/mol. The highest BCUT2D eigenvalue weighted by molar-refractivity contribution is 5.90. The van der Waals surface area contributed by atoms with Gasteiger partial charge >= 0.3 is 5.97 Å². The Morgan fingerprint density at radius 3 is 2.76 bits per heavy atom. The predicted molar refractivity (Wildman–Crippen MR) is 59.3 cm³/mol. The smallest absolute Gasteiger partial charge is 0.326 e. The zero-order valence-corrected chi connectivity index (χ0v) is 9.72. The maximum atomic E-state index is 12.3. The molecule has 0 aromatic rings. The van der Waals surface area contributed by atoms with Crippen LogP contribution in [0, 0.1) is 0 Å². The van der Waals surface area contributed by atoms with Crippen molar-refractivity contribution in [2.75, 3.05) is 19.8 Å². The average molecular weight is 242 g/mol. The highest BCUT2D eigenvalue weighted by atomic mass is 16.5. The average Bonchev–Trinajstić information content (AvgIpc) is 2.76. The van der Waals surface area contributed by atoms with Gasteiger partial charge in [-0.15, -0.1) is 0 Å². The van der Waals surface area contributed by atoms with Crippen LogP contribution in [0.5, 0.6) is 0 Å². The number of nitrogens with zero attached hydrogens (tertiary/aromatic N) is 1. The van der Waals surface area contributed by atoms with Crippen LogP contribution < -0.4 is 5.73 Å². The summed E-state index contributed by atoms with van der Waals surface area (Å²) in [7, 11) is 0. The van der Waals surface area contributed by atoms with Gasteiger partial charge in [-0.05, 0) is 25.7 Å². The second kappa shape index (κ2) is 4.62. The Labute approximate surface area is 99.7 Å². The van der Waals surface area contributed by atoms with E-state index in [0.717, 1.165) is 12.8 Å². The first-order valence-corrected chi connectivity index (χ1v) is 5.95. The van der Waals surface area contributed by atoms with Crippen molar-refractivity contribution in [3.8, 4) is 0 Å².